The van der Waals surface area contributed by atoms with E-state index in [0.29, 0.717) is 17.2 Å². The third-order valence-corrected chi connectivity index (χ3v) is 3.17. The summed E-state index contributed by atoms with van der Waals surface area (Å²) in [6.45, 7) is 1.98. The summed E-state index contributed by atoms with van der Waals surface area (Å²) < 4.78 is 10.9. The number of hydrogen-bond donors (Lipinski definition) is 1. The number of aryl methyl sites for hydroxylation is 1. The van der Waals surface area contributed by atoms with Crippen molar-refractivity contribution >= 4 is 11.6 Å². The second kappa shape index (κ2) is 4.62. The molecular formula is C12H15ClO3. The van der Waals surface area contributed by atoms with Crippen LogP contribution in [0.2, 0.25) is 5.02 Å². The molecule has 1 aliphatic carbocycles. The van der Waals surface area contributed by atoms with E-state index in [-0.39, 0.29) is 12.2 Å². The predicted molar refractivity (Wildman–Crippen MR) is 62.0 cm³/mol. The smallest absolute Gasteiger partial charge is 0.138 e. The normalized spacial score (nSPS) is 28.6. The van der Waals surface area contributed by atoms with Crippen LogP contribution in [0.25, 0.3) is 0 Å². The first-order valence-electron chi connectivity index (χ1n) is 5.25. The van der Waals surface area contributed by atoms with Crippen molar-refractivity contribution in [2.24, 2.45) is 0 Å². The summed E-state index contributed by atoms with van der Waals surface area (Å²) in [5.41, 5.74) is 1.09. The van der Waals surface area contributed by atoms with Crippen molar-refractivity contribution in [1.29, 1.82) is 0 Å². The molecule has 1 N–H and O–H groups in total. The van der Waals surface area contributed by atoms with Crippen molar-refractivity contribution in [1.82, 2.24) is 0 Å². The van der Waals surface area contributed by atoms with E-state index in [2.05, 4.69) is 0 Å². The van der Waals surface area contributed by atoms with Crippen LogP contribution in [0, 0.1) is 6.92 Å². The lowest BCUT2D eigenvalue weighted by atomic mass is 9.88. The number of ether oxygens (including phenoxy) is 2. The lowest BCUT2D eigenvalue weighted by Crippen LogP contribution is -2.54. The standard InChI is InChI=1S/C12H15ClO3/c1-7-3-4-8(13)10(5-7)16-11-6-9(14)12(11)15-2/h3-5,9,11-12,14H,6H2,1-2H3. The Bertz CT molecular complexity index is 381. The van der Waals surface area contributed by atoms with Gasteiger partial charge in [0, 0.05) is 13.5 Å². The highest BCUT2D eigenvalue weighted by Crippen LogP contribution is 2.32. The Morgan fingerprint density at radius 3 is 2.81 bits per heavy atom. The minimum absolute atomic E-state index is 0.112. The molecule has 0 spiro atoms. The minimum atomic E-state index is -0.432. The molecule has 3 atom stereocenters. The molecule has 0 bridgehead atoms. The van der Waals surface area contributed by atoms with E-state index in [4.69, 9.17) is 21.1 Å². The first-order chi connectivity index (χ1) is 7.61. The zero-order valence-electron chi connectivity index (χ0n) is 9.31. The molecule has 0 aromatic heterocycles. The van der Waals surface area contributed by atoms with Gasteiger partial charge in [0.25, 0.3) is 0 Å². The lowest BCUT2D eigenvalue weighted by Gasteiger charge is -2.40. The van der Waals surface area contributed by atoms with Crippen molar-refractivity contribution in [2.75, 3.05) is 7.11 Å². The Kier molecular flexibility index (Phi) is 3.38. The molecule has 0 heterocycles. The van der Waals surface area contributed by atoms with Gasteiger partial charge in [0.15, 0.2) is 0 Å². The van der Waals surface area contributed by atoms with E-state index in [9.17, 15) is 5.11 Å². The first-order valence-corrected chi connectivity index (χ1v) is 5.63. The summed E-state index contributed by atoms with van der Waals surface area (Å²) in [7, 11) is 1.57. The Morgan fingerprint density at radius 1 is 1.44 bits per heavy atom. The van der Waals surface area contributed by atoms with Crippen LogP contribution in [-0.2, 0) is 4.74 Å². The van der Waals surface area contributed by atoms with Crippen LogP contribution in [0.3, 0.4) is 0 Å². The van der Waals surface area contributed by atoms with Gasteiger partial charge < -0.3 is 14.6 Å². The average molecular weight is 243 g/mol. The molecule has 2 rings (SSSR count). The molecule has 0 radical (unpaired) electrons. The predicted octanol–water partition coefficient (Wildman–Crippen LogP) is 2.18. The lowest BCUT2D eigenvalue weighted by molar-refractivity contribution is -0.149. The van der Waals surface area contributed by atoms with Crippen LogP contribution in [0.4, 0.5) is 0 Å². The average Bonchev–Trinajstić information content (AvgIpc) is 2.23. The third-order valence-electron chi connectivity index (χ3n) is 2.86. The molecule has 4 heteroatoms. The van der Waals surface area contributed by atoms with Crippen LogP contribution < -0.4 is 4.74 Å². The number of methoxy groups -OCH3 is 1. The van der Waals surface area contributed by atoms with Crippen LogP contribution in [0.15, 0.2) is 18.2 Å². The van der Waals surface area contributed by atoms with Crippen LogP contribution >= 0.6 is 11.6 Å². The number of benzene rings is 1. The SMILES string of the molecule is COC1C(O)CC1Oc1cc(C)ccc1Cl. The highest BCUT2D eigenvalue weighted by Gasteiger charge is 2.42. The van der Waals surface area contributed by atoms with Crippen LogP contribution in [0.1, 0.15) is 12.0 Å². The first kappa shape index (κ1) is 11.7. The van der Waals surface area contributed by atoms with Gasteiger partial charge in [-0.1, -0.05) is 17.7 Å². The highest BCUT2D eigenvalue weighted by atomic mass is 35.5. The molecular weight excluding hydrogens is 228 g/mol. The van der Waals surface area contributed by atoms with Crippen molar-refractivity contribution < 1.29 is 14.6 Å². The van der Waals surface area contributed by atoms with Gasteiger partial charge in [-0.15, -0.1) is 0 Å². The van der Waals surface area contributed by atoms with Gasteiger partial charge in [-0.3, -0.25) is 0 Å². The number of rotatable bonds is 3. The van der Waals surface area contributed by atoms with Gasteiger partial charge in [-0.05, 0) is 24.6 Å². The molecule has 0 saturated heterocycles. The highest BCUT2D eigenvalue weighted by molar-refractivity contribution is 6.32. The topological polar surface area (TPSA) is 38.7 Å². The largest absolute Gasteiger partial charge is 0.486 e. The third kappa shape index (κ3) is 2.17. The van der Waals surface area contributed by atoms with E-state index < -0.39 is 6.10 Å². The molecule has 1 aromatic carbocycles. The molecule has 0 aliphatic heterocycles. The summed E-state index contributed by atoms with van der Waals surface area (Å²) in [6.07, 6.45) is -0.211. The van der Waals surface area contributed by atoms with Gasteiger partial charge >= 0.3 is 0 Å². The summed E-state index contributed by atoms with van der Waals surface area (Å²) >= 11 is 6.02. The number of aliphatic hydroxyl groups excluding tert-OH is 1. The maximum atomic E-state index is 9.44. The fourth-order valence-electron chi connectivity index (χ4n) is 1.85. The summed E-state index contributed by atoms with van der Waals surface area (Å²) in [6, 6.07) is 5.63. The molecule has 0 amide bonds. The fourth-order valence-corrected chi connectivity index (χ4v) is 2.01. The minimum Gasteiger partial charge on any atom is -0.486 e. The molecule has 1 saturated carbocycles. The zero-order valence-corrected chi connectivity index (χ0v) is 10.1. The summed E-state index contributed by atoms with van der Waals surface area (Å²) in [5, 5.41) is 10.0. The molecule has 88 valence electrons. The van der Waals surface area contributed by atoms with E-state index in [1.165, 1.54) is 0 Å². The Labute approximate surface area is 99.9 Å². The van der Waals surface area contributed by atoms with E-state index in [1.807, 2.05) is 25.1 Å². The van der Waals surface area contributed by atoms with Crippen LogP contribution in [0.5, 0.6) is 5.75 Å². The second-order valence-corrected chi connectivity index (χ2v) is 4.50. The van der Waals surface area contributed by atoms with Gasteiger partial charge in [0.1, 0.15) is 18.0 Å². The fraction of sp³-hybridized carbons (Fsp3) is 0.500. The van der Waals surface area contributed by atoms with Gasteiger partial charge in [-0.25, -0.2) is 0 Å². The Morgan fingerprint density at radius 2 is 2.19 bits per heavy atom. The number of aliphatic hydroxyl groups is 1. The summed E-state index contributed by atoms with van der Waals surface area (Å²) in [5.74, 6) is 0.653. The Hall–Kier alpha value is -0.770. The quantitative estimate of drug-likeness (QED) is 0.883. The van der Waals surface area contributed by atoms with E-state index >= 15 is 0 Å². The maximum absolute atomic E-state index is 9.44. The molecule has 16 heavy (non-hydrogen) atoms. The molecule has 1 aromatic rings. The van der Waals surface area contributed by atoms with Gasteiger partial charge in [-0.2, -0.15) is 0 Å². The van der Waals surface area contributed by atoms with Gasteiger partial charge in [0.05, 0.1) is 11.1 Å². The van der Waals surface area contributed by atoms with Crippen LogP contribution in [-0.4, -0.2) is 30.5 Å². The number of hydrogen-bond acceptors (Lipinski definition) is 3. The molecule has 1 fully saturated rings. The molecule has 3 unspecified atom stereocenters. The zero-order chi connectivity index (χ0) is 11.7. The van der Waals surface area contributed by atoms with Gasteiger partial charge in [0.2, 0.25) is 0 Å². The van der Waals surface area contributed by atoms with Crippen molar-refractivity contribution in [3.8, 4) is 5.75 Å². The maximum Gasteiger partial charge on any atom is 0.138 e. The van der Waals surface area contributed by atoms with Crippen molar-refractivity contribution in [3.05, 3.63) is 28.8 Å². The Balaban J connectivity index is 2.07. The number of halogens is 1. The molecule has 1 aliphatic rings. The summed E-state index contributed by atoms with van der Waals surface area (Å²) in [4.78, 5) is 0. The molecule has 3 nitrogen and oxygen atoms in total. The van der Waals surface area contributed by atoms with Crippen molar-refractivity contribution in [2.45, 2.75) is 31.7 Å². The monoisotopic (exact) mass is 242 g/mol. The van der Waals surface area contributed by atoms with E-state index in [0.717, 1.165) is 5.56 Å². The van der Waals surface area contributed by atoms with E-state index in [1.54, 1.807) is 7.11 Å². The van der Waals surface area contributed by atoms with Crippen molar-refractivity contribution in [3.63, 3.8) is 0 Å². The second-order valence-electron chi connectivity index (χ2n) is 4.09.